The lowest BCUT2D eigenvalue weighted by atomic mass is 9.99. The zero-order chi connectivity index (χ0) is 15.4. The number of benzene rings is 2. The van der Waals surface area contributed by atoms with Crippen LogP contribution in [0.2, 0.25) is 5.02 Å². The number of nitriles is 1. The van der Waals surface area contributed by atoms with Gasteiger partial charge in [-0.2, -0.15) is 5.26 Å². The molecule has 0 aromatic heterocycles. The van der Waals surface area contributed by atoms with Crippen LogP contribution in [0.15, 0.2) is 42.5 Å². The Hall–Kier alpha value is -1.98. The Labute approximate surface area is 131 Å². The second-order valence-electron chi connectivity index (χ2n) is 5.49. The van der Waals surface area contributed by atoms with Crippen LogP contribution in [0.5, 0.6) is 0 Å². The van der Waals surface area contributed by atoms with Crippen LogP contribution in [0.1, 0.15) is 49.4 Å². The summed E-state index contributed by atoms with van der Waals surface area (Å²) in [6, 6.07) is 16.1. The highest BCUT2D eigenvalue weighted by Crippen LogP contribution is 2.27. The van der Waals surface area contributed by atoms with Gasteiger partial charge in [0, 0.05) is 6.04 Å². The van der Waals surface area contributed by atoms with E-state index in [-0.39, 0.29) is 6.04 Å². The molecule has 0 aliphatic rings. The van der Waals surface area contributed by atoms with Crippen molar-refractivity contribution in [2.45, 2.75) is 32.7 Å². The van der Waals surface area contributed by atoms with Gasteiger partial charge in [0.15, 0.2) is 0 Å². The first-order valence-electron chi connectivity index (χ1n) is 7.07. The molecular formula is C18H19ClN2. The topological polar surface area (TPSA) is 35.8 Å². The van der Waals surface area contributed by atoms with Crippen molar-refractivity contribution in [1.82, 2.24) is 0 Å². The molecule has 1 atom stereocenters. The highest BCUT2D eigenvalue weighted by molar-refractivity contribution is 6.33. The van der Waals surface area contributed by atoms with Gasteiger partial charge < -0.3 is 5.32 Å². The van der Waals surface area contributed by atoms with E-state index in [1.54, 1.807) is 12.1 Å². The van der Waals surface area contributed by atoms with Crippen LogP contribution in [0, 0.1) is 11.3 Å². The van der Waals surface area contributed by atoms with Crippen LogP contribution in [0.25, 0.3) is 0 Å². The van der Waals surface area contributed by atoms with Gasteiger partial charge in [0.05, 0.1) is 22.3 Å². The summed E-state index contributed by atoms with van der Waals surface area (Å²) in [5.74, 6) is 0.537. The molecule has 0 bridgehead atoms. The molecule has 0 aliphatic heterocycles. The van der Waals surface area contributed by atoms with Crippen molar-refractivity contribution in [3.05, 3.63) is 64.2 Å². The van der Waals surface area contributed by atoms with Gasteiger partial charge in [-0.25, -0.2) is 0 Å². The summed E-state index contributed by atoms with van der Waals surface area (Å²) >= 11 is 6.19. The van der Waals surface area contributed by atoms with Crippen LogP contribution in [-0.4, -0.2) is 0 Å². The summed E-state index contributed by atoms with van der Waals surface area (Å²) < 4.78 is 0. The Bertz CT molecular complexity index is 654. The van der Waals surface area contributed by atoms with E-state index in [0.717, 1.165) is 5.69 Å². The molecule has 2 rings (SSSR count). The number of hydrogen-bond donors (Lipinski definition) is 1. The molecule has 0 spiro atoms. The van der Waals surface area contributed by atoms with Crippen LogP contribution in [0.4, 0.5) is 5.69 Å². The summed E-state index contributed by atoms with van der Waals surface area (Å²) in [7, 11) is 0. The zero-order valence-electron chi connectivity index (χ0n) is 12.5. The number of nitrogens with one attached hydrogen (secondary N) is 1. The Morgan fingerprint density at radius 3 is 2.14 bits per heavy atom. The van der Waals surface area contributed by atoms with Crippen LogP contribution < -0.4 is 5.32 Å². The Morgan fingerprint density at radius 1 is 1.00 bits per heavy atom. The molecule has 1 unspecified atom stereocenters. The number of anilines is 1. The lowest BCUT2D eigenvalue weighted by molar-refractivity contribution is 0.852. The highest BCUT2D eigenvalue weighted by Gasteiger charge is 2.09. The summed E-state index contributed by atoms with van der Waals surface area (Å²) in [5, 5.41) is 12.8. The van der Waals surface area contributed by atoms with Crippen LogP contribution in [-0.2, 0) is 0 Å². The third kappa shape index (κ3) is 3.77. The monoisotopic (exact) mass is 298 g/mol. The Balaban J connectivity index is 2.14. The van der Waals surface area contributed by atoms with Crippen LogP contribution >= 0.6 is 11.6 Å². The van der Waals surface area contributed by atoms with E-state index >= 15 is 0 Å². The predicted molar refractivity (Wildman–Crippen MR) is 88.7 cm³/mol. The van der Waals surface area contributed by atoms with E-state index in [9.17, 15) is 0 Å². The molecule has 21 heavy (non-hydrogen) atoms. The second kappa shape index (κ2) is 6.65. The summed E-state index contributed by atoms with van der Waals surface area (Å²) in [4.78, 5) is 0. The van der Waals surface area contributed by atoms with Gasteiger partial charge in [0.2, 0.25) is 0 Å². The average Bonchev–Trinajstić information content (AvgIpc) is 2.49. The van der Waals surface area contributed by atoms with E-state index in [0.29, 0.717) is 16.5 Å². The molecular weight excluding hydrogens is 280 g/mol. The maximum Gasteiger partial charge on any atom is 0.0992 e. The predicted octanol–water partition coefficient (Wildman–Crippen LogP) is 5.51. The summed E-state index contributed by atoms with van der Waals surface area (Å²) in [6.07, 6.45) is 0. The van der Waals surface area contributed by atoms with Gasteiger partial charge in [-0.05, 0) is 42.2 Å². The SMILES string of the molecule is CC(C)c1ccc(C(C)Nc2ccc(C#N)cc2Cl)cc1. The zero-order valence-corrected chi connectivity index (χ0v) is 13.3. The van der Waals surface area contributed by atoms with Crippen molar-refractivity contribution >= 4 is 17.3 Å². The molecule has 0 heterocycles. The van der Waals surface area contributed by atoms with Crippen molar-refractivity contribution in [3.8, 4) is 6.07 Å². The number of hydrogen-bond acceptors (Lipinski definition) is 2. The molecule has 0 fully saturated rings. The maximum absolute atomic E-state index is 8.85. The molecule has 0 saturated carbocycles. The van der Waals surface area contributed by atoms with Crippen molar-refractivity contribution in [1.29, 1.82) is 5.26 Å². The lowest BCUT2D eigenvalue weighted by Gasteiger charge is -2.17. The fraction of sp³-hybridized carbons (Fsp3) is 0.278. The first-order chi connectivity index (χ1) is 10.0. The molecule has 1 N–H and O–H groups in total. The van der Waals surface area contributed by atoms with Gasteiger partial charge in [0.25, 0.3) is 0 Å². The fourth-order valence-electron chi connectivity index (χ4n) is 2.19. The van der Waals surface area contributed by atoms with Crippen molar-refractivity contribution in [3.63, 3.8) is 0 Å². The molecule has 2 aromatic carbocycles. The second-order valence-corrected chi connectivity index (χ2v) is 5.90. The summed E-state index contributed by atoms with van der Waals surface area (Å²) in [5.41, 5.74) is 3.96. The van der Waals surface area contributed by atoms with E-state index < -0.39 is 0 Å². The normalized spacial score (nSPS) is 12.0. The molecule has 108 valence electrons. The lowest BCUT2D eigenvalue weighted by Crippen LogP contribution is -2.07. The summed E-state index contributed by atoms with van der Waals surface area (Å²) in [6.45, 7) is 6.47. The maximum atomic E-state index is 8.85. The van der Waals surface area contributed by atoms with Gasteiger partial charge >= 0.3 is 0 Å². The molecule has 2 nitrogen and oxygen atoms in total. The smallest absolute Gasteiger partial charge is 0.0992 e. The quantitative estimate of drug-likeness (QED) is 0.808. The van der Waals surface area contributed by atoms with Gasteiger partial charge in [-0.3, -0.25) is 0 Å². The minimum Gasteiger partial charge on any atom is -0.377 e. The van der Waals surface area contributed by atoms with Crippen LogP contribution in [0.3, 0.4) is 0 Å². The standard InChI is InChI=1S/C18H19ClN2/c1-12(2)15-5-7-16(8-6-15)13(3)21-18-9-4-14(11-20)10-17(18)19/h4-10,12-13,21H,1-3H3. The molecule has 3 heteroatoms. The fourth-order valence-corrected chi connectivity index (χ4v) is 2.42. The molecule has 0 radical (unpaired) electrons. The third-order valence-electron chi connectivity index (χ3n) is 3.57. The molecule has 0 amide bonds. The van der Waals surface area contributed by atoms with Crippen molar-refractivity contribution < 1.29 is 0 Å². The van der Waals surface area contributed by atoms with E-state index in [1.165, 1.54) is 11.1 Å². The first-order valence-corrected chi connectivity index (χ1v) is 7.45. The van der Waals surface area contributed by atoms with E-state index in [2.05, 4.69) is 56.4 Å². The van der Waals surface area contributed by atoms with Crippen molar-refractivity contribution in [2.75, 3.05) is 5.32 Å². The average molecular weight is 299 g/mol. The molecule has 0 aliphatic carbocycles. The largest absolute Gasteiger partial charge is 0.377 e. The highest BCUT2D eigenvalue weighted by atomic mass is 35.5. The molecule has 0 saturated heterocycles. The van der Waals surface area contributed by atoms with Gasteiger partial charge in [-0.15, -0.1) is 0 Å². The van der Waals surface area contributed by atoms with Gasteiger partial charge in [-0.1, -0.05) is 49.7 Å². The molecule has 2 aromatic rings. The number of halogens is 1. The minimum absolute atomic E-state index is 0.150. The number of nitrogens with zero attached hydrogens (tertiary/aromatic N) is 1. The minimum atomic E-state index is 0.150. The van der Waals surface area contributed by atoms with Gasteiger partial charge in [0.1, 0.15) is 0 Å². The van der Waals surface area contributed by atoms with E-state index in [1.807, 2.05) is 6.07 Å². The number of rotatable bonds is 4. The Morgan fingerprint density at radius 2 is 1.62 bits per heavy atom. The van der Waals surface area contributed by atoms with E-state index in [4.69, 9.17) is 16.9 Å². The third-order valence-corrected chi connectivity index (χ3v) is 3.89. The van der Waals surface area contributed by atoms with Crippen molar-refractivity contribution in [2.24, 2.45) is 0 Å². The first kappa shape index (κ1) is 15.4. The Kier molecular flexibility index (Phi) is 4.88.